The van der Waals surface area contributed by atoms with Crippen molar-refractivity contribution in [2.24, 2.45) is 4.99 Å². The molecule has 1 heterocycles. The molecule has 4 nitrogen and oxygen atoms in total. The summed E-state index contributed by atoms with van der Waals surface area (Å²) in [5.41, 5.74) is 0. The minimum Gasteiger partial charge on any atom is -0.385 e. The van der Waals surface area contributed by atoms with Gasteiger partial charge in [0, 0.05) is 26.8 Å². The van der Waals surface area contributed by atoms with Crippen molar-refractivity contribution in [2.75, 3.05) is 33.4 Å². The first-order valence-corrected chi connectivity index (χ1v) is 3.94. The number of ether oxygens (including phenoxy) is 1. The van der Waals surface area contributed by atoms with Crippen LogP contribution in [0.1, 0.15) is 6.42 Å². The van der Waals surface area contributed by atoms with E-state index in [4.69, 9.17) is 4.74 Å². The van der Waals surface area contributed by atoms with Crippen LogP contribution in [0.5, 0.6) is 0 Å². The van der Waals surface area contributed by atoms with Crippen molar-refractivity contribution in [1.29, 1.82) is 0 Å². The van der Waals surface area contributed by atoms with Crippen molar-refractivity contribution in [3.05, 3.63) is 0 Å². The Hall–Kier alpha value is -0.770. The Morgan fingerprint density at radius 1 is 1.73 bits per heavy atom. The topological polar surface area (TPSA) is 45.6 Å². The largest absolute Gasteiger partial charge is 0.385 e. The summed E-state index contributed by atoms with van der Waals surface area (Å²) in [6.07, 6.45) is 1.02. The summed E-state index contributed by atoms with van der Waals surface area (Å²) in [6, 6.07) is 0. The second kappa shape index (κ2) is 4.96. The van der Waals surface area contributed by atoms with E-state index in [2.05, 4.69) is 15.6 Å². The molecule has 0 fully saturated rings. The standard InChI is InChI=1S/C7H15N3O/c1-11-6-2-3-8-7-9-4-5-10-7/h2-6H2,1H3,(H2,8,9,10). The SMILES string of the molecule is COCCCNC1=NCCN1. The Morgan fingerprint density at radius 3 is 3.27 bits per heavy atom. The first-order chi connectivity index (χ1) is 5.43. The molecule has 64 valence electrons. The average molecular weight is 157 g/mol. The lowest BCUT2D eigenvalue weighted by Gasteiger charge is -2.04. The number of nitrogens with one attached hydrogen (secondary N) is 2. The van der Waals surface area contributed by atoms with Crippen LogP contribution in [0.25, 0.3) is 0 Å². The summed E-state index contributed by atoms with van der Waals surface area (Å²) in [7, 11) is 1.71. The van der Waals surface area contributed by atoms with Gasteiger partial charge in [-0.1, -0.05) is 0 Å². The molecule has 11 heavy (non-hydrogen) atoms. The lowest BCUT2D eigenvalue weighted by Crippen LogP contribution is -2.34. The fourth-order valence-corrected chi connectivity index (χ4v) is 0.940. The van der Waals surface area contributed by atoms with Gasteiger partial charge in [-0.2, -0.15) is 0 Å². The highest BCUT2D eigenvalue weighted by Crippen LogP contribution is 1.82. The molecule has 0 spiro atoms. The molecular weight excluding hydrogens is 142 g/mol. The van der Waals surface area contributed by atoms with E-state index in [0.717, 1.165) is 38.6 Å². The van der Waals surface area contributed by atoms with Crippen molar-refractivity contribution in [3.63, 3.8) is 0 Å². The Kier molecular flexibility index (Phi) is 3.75. The van der Waals surface area contributed by atoms with Crippen molar-refractivity contribution < 1.29 is 4.74 Å². The molecule has 4 heteroatoms. The monoisotopic (exact) mass is 157 g/mol. The van der Waals surface area contributed by atoms with Crippen molar-refractivity contribution >= 4 is 5.96 Å². The summed E-state index contributed by atoms with van der Waals surface area (Å²) in [5.74, 6) is 0.932. The van der Waals surface area contributed by atoms with E-state index in [1.54, 1.807) is 7.11 Å². The van der Waals surface area contributed by atoms with Gasteiger partial charge in [0.15, 0.2) is 5.96 Å². The van der Waals surface area contributed by atoms with E-state index in [0.29, 0.717) is 0 Å². The molecule has 0 aromatic carbocycles. The maximum Gasteiger partial charge on any atom is 0.191 e. The molecule has 1 aliphatic heterocycles. The molecule has 0 amide bonds. The number of hydrogen-bond donors (Lipinski definition) is 2. The average Bonchev–Trinajstić information content (AvgIpc) is 2.50. The van der Waals surface area contributed by atoms with Gasteiger partial charge in [0.1, 0.15) is 0 Å². The van der Waals surface area contributed by atoms with Gasteiger partial charge in [0.05, 0.1) is 6.54 Å². The van der Waals surface area contributed by atoms with Crippen LogP contribution < -0.4 is 10.6 Å². The maximum absolute atomic E-state index is 4.91. The van der Waals surface area contributed by atoms with E-state index in [-0.39, 0.29) is 0 Å². The minimum atomic E-state index is 0.806. The zero-order valence-electron chi connectivity index (χ0n) is 6.89. The number of guanidine groups is 1. The van der Waals surface area contributed by atoms with Gasteiger partial charge in [-0.15, -0.1) is 0 Å². The zero-order valence-corrected chi connectivity index (χ0v) is 6.89. The van der Waals surface area contributed by atoms with Gasteiger partial charge in [-0.3, -0.25) is 4.99 Å². The van der Waals surface area contributed by atoms with Crippen molar-refractivity contribution in [3.8, 4) is 0 Å². The highest BCUT2D eigenvalue weighted by Gasteiger charge is 2.01. The number of methoxy groups -OCH3 is 1. The molecule has 0 saturated carbocycles. The maximum atomic E-state index is 4.91. The van der Waals surface area contributed by atoms with Gasteiger partial charge in [0.25, 0.3) is 0 Å². The minimum absolute atomic E-state index is 0.806. The van der Waals surface area contributed by atoms with Gasteiger partial charge < -0.3 is 15.4 Å². The normalized spacial score (nSPS) is 15.9. The van der Waals surface area contributed by atoms with Crippen LogP contribution in [0.3, 0.4) is 0 Å². The number of aliphatic imine (C=N–C) groups is 1. The molecule has 0 radical (unpaired) electrons. The molecule has 1 aliphatic rings. The third-order valence-corrected chi connectivity index (χ3v) is 1.49. The highest BCUT2D eigenvalue weighted by atomic mass is 16.5. The van der Waals surface area contributed by atoms with E-state index >= 15 is 0 Å². The van der Waals surface area contributed by atoms with Crippen LogP contribution >= 0.6 is 0 Å². The van der Waals surface area contributed by atoms with Crippen molar-refractivity contribution in [1.82, 2.24) is 10.6 Å². The van der Waals surface area contributed by atoms with Gasteiger partial charge >= 0.3 is 0 Å². The van der Waals surface area contributed by atoms with Crippen LogP contribution in [0.15, 0.2) is 4.99 Å². The number of nitrogens with zero attached hydrogens (tertiary/aromatic N) is 1. The summed E-state index contributed by atoms with van der Waals surface area (Å²) in [5, 5.41) is 6.31. The predicted octanol–water partition coefficient (Wildman–Crippen LogP) is -0.428. The molecule has 0 atom stereocenters. The third-order valence-electron chi connectivity index (χ3n) is 1.49. The second-order valence-corrected chi connectivity index (χ2v) is 2.43. The Balaban J connectivity index is 1.94. The molecular formula is C7H15N3O. The Bertz CT molecular complexity index is 136. The molecule has 0 unspecified atom stereocenters. The van der Waals surface area contributed by atoms with Crippen LogP contribution in [0, 0.1) is 0 Å². The quantitative estimate of drug-likeness (QED) is 0.544. The number of hydrogen-bond acceptors (Lipinski definition) is 4. The van der Waals surface area contributed by atoms with Gasteiger partial charge in [-0.25, -0.2) is 0 Å². The molecule has 1 rings (SSSR count). The van der Waals surface area contributed by atoms with Crippen LogP contribution in [0.4, 0.5) is 0 Å². The molecule has 2 N–H and O–H groups in total. The smallest absolute Gasteiger partial charge is 0.191 e. The fourth-order valence-electron chi connectivity index (χ4n) is 0.940. The molecule has 0 bridgehead atoms. The second-order valence-electron chi connectivity index (χ2n) is 2.43. The van der Waals surface area contributed by atoms with Gasteiger partial charge in [-0.05, 0) is 6.42 Å². The number of rotatable bonds is 4. The predicted molar refractivity (Wildman–Crippen MR) is 44.8 cm³/mol. The van der Waals surface area contributed by atoms with Gasteiger partial charge in [0.2, 0.25) is 0 Å². The molecule has 0 aromatic rings. The van der Waals surface area contributed by atoms with Crippen molar-refractivity contribution in [2.45, 2.75) is 6.42 Å². The van der Waals surface area contributed by atoms with E-state index < -0.39 is 0 Å². The fraction of sp³-hybridized carbons (Fsp3) is 0.857. The summed E-state index contributed by atoms with van der Waals surface area (Å²) >= 11 is 0. The zero-order chi connectivity index (χ0) is 7.94. The molecule has 0 saturated heterocycles. The van der Waals surface area contributed by atoms with Crippen LogP contribution in [-0.4, -0.2) is 39.3 Å². The Morgan fingerprint density at radius 2 is 2.64 bits per heavy atom. The Labute approximate surface area is 67.0 Å². The molecule has 0 aliphatic carbocycles. The third kappa shape index (κ3) is 3.23. The summed E-state index contributed by atoms with van der Waals surface area (Å²) < 4.78 is 4.91. The lowest BCUT2D eigenvalue weighted by molar-refractivity contribution is 0.195. The summed E-state index contributed by atoms with van der Waals surface area (Å²) in [4.78, 5) is 4.19. The summed E-state index contributed by atoms with van der Waals surface area (Å²) in [6.45, 7) is 3.60. The van der Waals surface area contributed by atoms with Crippen LogP contribution in [0.2, 0.25) is 0 Å². The highest BCUT2D eigenvalue weighted by molar-refractivity contribution is 5.81. The lowest BCUT2D eigenvalue weighted by atomic mass is 10.4. The van der Waals surface area contributed by atoms with E-state index in [1.165, 1.54) is 0 Å². The van der Waals surface area contributed by atoms with E-state index in [9.17, 15) is 0 Å². The van der Waals surface area contributed by atoms with Crippen LogP contribution in [-0.2, 0) is 4.74 Å². The first kappa shape index (κ1) is 8.33. The molecule has 0 aromatic heterocycles. The first-order valence-electron chi connectivity index (χ1n) is 3.94. The van der Waals surface area contributed by atoms with E-state index in [1.807, 2.05) is 0 Å².